The summed E-state index contributed by atoms with van der Waals surface area (Å²) in [4.78, 5) is 0. The number of rotatable bonds is 5. The molecule has 0 spiro atoms. The van der Waals surface area contributed by atoms with Crippen molar-refractivity contribution in [3.05, 3.63) is 29.8 Å². The normalized spacial score (nSPS) is 25.0. The molecule has 1 aliphatic rings. The van der Waals surface area contributed by atoms with Crippen molar-refractivity contribution in [2.24, 2.45) is 5.92 Å². The first-order valence-corrected chi connectivity index (χ1v) is 7.24. The summed E-state index contributed by atoms with van der Waals surface area (Å²) in [5.74, 6) is 1.51. The van der Waals surface area contributed by atoms with Crippen LogP contribution in [0.4, 0.5) is 0 Å². The molecule has 2 rings (SSSR count). The summed E-state index contributed by atoms with van der Waals surface area (Å²) in [6, 6.07) is 8.50. The zero-order valence-corrected chi connectivity index (χ0v) is 11.9. The zero-order chi connectivity index (χ0) is 13.7. The van der Waals surface area contributed by atoms with E-state index >= 15 is 0 Å². The standard InChI is InChI=1S/C16H25NO2/c1-12(14-6-4-8-16(10-14)19-2)17-11-13-5-3-7-15(18)9-13/h4,6,8,10,12-13,15,17-18H,3,5,7,9,11H2,1-2H3. The molecule has 0 saturated heterocycles. The molecule has 3 nitrogen and oxygen atoms in total. The minimum atomic E-state index is -0.0901. The van der Waals surface area contributed by atoms with Crippen LogP contribution in [-0.4, -0.2) is 24.9 Å². The van der Waals surface area contributed by atoms with Crippen LogP contribution >= 0.6 is 0 Å². The van der Waals surface area contributed by atoms with E-state index in [9.17, 15) is 5.11 Å². The third-order valence-corrected chi connectivity index (χ3v) is 4.06. The number of ether oxygens (including phenoxy) is 1. The van der Waals surface area contributed by atoms with Crippen molar-refractivity contribution in [1.29, 1.82) is 0 Å². The number of nitrogens with one attached hydrogen (secondary N) is 1. The molecule has 106 valence electrons. The zero-order valence-electron chi connectivity index (χ0n) is 11.9. The molecule has 0 bridgehead atoms. The maximum atomic E-state index is 9.69. The first-order chi connectivity index (χ1) is 9.19. The van der Waals surface area contributed by atoms with Crippen LogP contribution in [0.25, 0.3) is 0 Å². The van der Waals surface area contributed by atoms with Crippen molar-refractivity contribution in [3.8, 4) is 5.75 Å². The highest BCUT2D eigenvalue weighted by Gasteiger charge is 2.20. The summed E-state index contributed by atoms with van der Waals surface area (Å²) in [5.41, 5.74) is 1.25. The number of benzene rings is 1. The largest absolute Gasteiger partial charge is 0.497 e. The van der Waals surface area contributed by atoms with Crippen LogP contribution < -0.4 is 10.1 Å². The fourth-order valence-electron chi connectivity index (χ4n) is 2.82. The fraction of sp³-hybridized carbons (Fsp3) is 0.625. The molecule has 3 atom stereocenters. The Labute approximate surface area is 116 Å². The molecule has 3 unspecified atom stereocenters. The molecule has 0 heterocycles. The number of aliphatic hydroxyl groups is 1. The molecule has 1 saturated carbocycles. The van der Waals surface area contributed by atoms with Gasteiger partial charge in [-0.2, -0.15) is 0 Å². The van der Waals surface area contributed by atoms with Gasteiger partial charge in [-0.25, -0.2) is 0 Å². The molecule has 0 aromatic heterocycles. The molecule has 0 aliphatic heterocycles. The number of hydrogen-bond acceptors (Lipinski definition) is 3. The van der Waals surface area contributed by atoms with Crippen molar-refractivity contribution in [2.75, 3.05) is 13.7 Å². The highest BCUT2D eigenvalue weighted by Crippen LogP contribution is 2.25. The van der Waals surface area contributed by atoms with Crippen molar-refractivity contribution in [3.63, 3.8) is 0 Å². The van der Waals surface area contributed by atoms with E-state index in [1.54, 1.807) is 7.11 Å². The Kier molecular flexibility index (Phi) is 5.23. The lowest BCUT2D eigenvalue weighted by atomic mass is 9.87. The van der Waals surface area contributed by atoms with Crippen LogP contribution in [0.5, 0.6) is 5.75 Å². The minimum Gasteiger partial charge on any atom is -0.497 e. The molecule has 1 aliphatic carbocycles. The van der Waals surface area contributed by atoms with Crippen LogP contribution in [0.15, 0.2) is 24.3 Å². The second-order valence-corrected chi connectivity index (χ2v) is 5.59. The van der Waals surface area contributed by atoms with E-state index in [2.05, 4.69) is 24.4 Å². The minimum absolute atomic E-state index is 0.0901. The Morgan fingerprint density at radius 3 is 3.00 bits per heavy atom. The van der Waals surface area contributed by atoms with Gasteiger partial charge in [-0.1, -0.05) is 18.6 Å². The smallest absolute Gasteiger partial charge is 0.119 e. The van der Waals surface area contributed by atoms with E-state index in [0.717, 1.165) is 31.6 Å². The predicted octanol–water partition coefficient (Wildman–Crippen LogP) is 2.90. The SMILES string of the molecule is COc1cccc(C(C)NCC2CCCC(O)C2)c1. The van der Waals surface area contributed by atoms with Gasteiger partial charge in [0.05, 0.1) is 13.2 Å². The molecule has 1 fully saturated rings. The second kappa shape index (κ2) is 6.92. The lowest BCUT2D eigenvalue weighted by Crippen LogP contribution is -2.30. The molecule has 1 aromatic rings. The molecular formula is C16H25NO2. The first kappa shape index (κ1) is 14.4. The number of aliphatic hydroxyl groups excluding tert-OH is 1. The van der Waals surface area contributed by atoms with Crippen molar-refractivity contribution >= 4 is 0 Å². The van der Waals surface area contributed by atoms with Gasteiger partial charge in [0.1, 0.15) is 5.75 Å². The molecule has 19 heavy (non-hydrogen) atoms. The highest BCUT2D eigenvalue weighted by molar-refractivity contribution is 5.30. The van der Waals surface area contributed by atoms with Gasteiger partial charge >= 0.3 is 0 Å². The lowest BCUT2D eigenvalue weighted by Gasteiger charge is -2.27. The van der Waals surface area contributed by atoms with Gasteiger partial charge in [0, 0.05) is 6.04 Å². The maximum absolute atomic E-state index is 9.69. The van der Waals surface area contributed by atoms with Crippen LogP contribution in [0, 0.1) is 5.92 Å². The summed E-state index contributed by atoms with van der Waals surface area (Å²) in [6.07, 6.45) is 4.21. The van der Waals surface area contributed by atoms with Gasteiger partial charge < -0.3 is 15.2 Å². The Morgan fingerprint density at radius 2 is 2.26 bits per heavy atom. The summed E-state index contributed by atoms with van der Waals surface area (Å²) < 4.78 is 5.25. The Morgan fingerprint density at radius 1 is 1.42 bits per heavy atom. The Hall–Kier alpha value is -1.06. The number of methoxy groups -OCH3 is 1. The highest BCUT2D eigenvalue weighted by atomic mass is 16.5. The van der Waals surface area contributed by atoms with Crippen LogP contribution in [0.1, 0.15) is 44.2 Å². The average molecular weight is 263 g/mol. The van der Waals surface area contributed by atoms with Crippen LogP contribution in [-0.2, 0) is 0 Å². The summed E-state index contributed by atoms with van der Waals surface area (Å²) >= 11 is 0. The van der Waals surface area contributed by atoms with E-state index in [4.69, 9.17) is 4.74 Å². The van der Waals surface area contributed by atoms with E-state index in [1.807, 2.05) is 12.1 Å². The summed E-state index contributed by atoms with van der Waals surface area (Å²) in [5, 5.41) is 13.3. The van der Waals surface area contributed by atoms with Gasteiger partial charge in [0.15, 0.2) is 0 Å². The average Bonchev–Trinajstić information content (AvgIpc) is 2.45. The van der Waals surface area contributed by atoms with Gasteiger partial charge in [0.25, 0.3) is 0 Å². The third kappa shape index (κ3) is 4.22. The third-order valence-electron chi connectivity index (χ3n) is 4.06. The topological polar surface area (TPSA) is 41.5 Å². The lowest BCUT2D eigenvalue weighted by molar-refractivity contribution is 0.0998. The van der Waals surface area contributed by atoms with E-state index < -0.39 is 0 Å². The van der Waals surface area contributed by atoms with Crippen molar-refractivity contribution < 1.29 is 9.84 Å². The molecule has 2 N–H and O–H groups in total. The van der Waals surface area contributed by atoms with Gasteiger partial charge in [-0.15, -0.1) is 0 Å². The van der Waals surface area contributed by atoms with E-state index in [1.165, 1.54) is 12.0 Å². The number of hydrogen-bond donors (Lipinski definition) is 2. The molecule has 0 amide bonds. The molecular weight excluding hydrogens is 238 g/mol. The monoisotopic (exact) mass is 263 g/mol. The van der Waals surface area contributed by atoms with Crippen LogP contribution in [0.2, 0.25) is 0 Å². The van der Waals surface area contributed by atoms with Gasteiger partial charge in [-0.3, -0.25) is 0 Å². The maximum Gasteiger partial charge on any atom is 0.119 e. The molecule has 1 aromatic carbocycles. The Bertz CT molecular complexity index is 394. The van der Waals surface area contributed by atoms with Crippen LogP contribution in [0.3, 0.4) is 0 Å². The second-order valence-electron chi connectivity index (χ2n) is 5.59. The summed E-state index contributed by atoms with van der Waals surface area (Å²) in [6.45, 7) is 3.16. The van der Waals surface area contributed by atoms with Gasteiger partial charge in [0.2, 0.25) is 0 Å². The Balaban J connectivity index is 1.84. The molecule has 3 heteroatoms. The van der Waals surface area contributed by atoms with E-state index in [0.29, 0.717) is 12.0 Å². The van der Waals surface area contributed by atoms with Crippen molar-refractivity contribution in [1.82, 2.24) is 5.32 Å². The van der Waals surface area contributed by atoms with Gasteiger partial charge in [-0.05, 0) is 56.3 Å². The van der Waals surface area contributed by atoms with Crippen molar-refractivity contribution in [2.45, 2.75) is 44.8 Å². The quantitative estimate of drug-likeness (QED) is 0.858. The first-order valence-electron chi connectivity index (χ1n) is 7.24. The summed E-state index contributed by atoms with van der Waals surface area (Å²) in [7, 11) is 1.70. The van der Waals surface area contributed by atoms with E-state index in [-0.39, 0.29) is 6.10 Å². The predicted molar refractivity (Wildman–Crippen MR) is 77.4 cm³/mol. The molecule has 0 radical (unpaired) electrons. The fourth-order valence-corrected chi connectivity index (χ4v) is 2.82.